The van der Waals surface area contributed by atoms with E-state index in [9.17, 15) is 5.11 Å². The van der Waals surface area contributed by atoms with Crippen molar-refractivity contribution in [2.24, 2.45) is 0 Å². The molecule has 2 nitrogen and oxygen atoms in total. The standard InChI is InChI=1S/C9H7Cl6NO/c10-1-3(17)2-16-9-7(14)5(12)4(11)6(13)8(9)15/h3,16-17H,1-2H2. The van der Waals surface area contributed by atoms with E-state index in [0.717, 1.165) is 0 Å². The van der Waals surface area contributed by atoms with Gasteiger partial charge in [0.25, 0.3) is 0 Å². The highest BCUT2D eigenvalue weighted by Crippen LogP contribution is 2.46. The maximum absolute atomic E-state index is 9.32. The molecule has 0 spiro atoms. The zero-order chi connectivity index (χ0) is 13.2. The van der Waals surface area contributed by atoms with Crippen molar-refractivity contribution in [3.8, 4) is 0 Å². The number of aliphatic hydroxyl groups excluding tert-OH is 1. The topological polar surface area (TPSA) is 32.3 Å². The van der Waals surface area contributed by atoms with Gasteiger partial charge < -0.3 is 10.4 Å². The first kappa shape index (κ1) is 15.8. The maximum atomic E-state index is 9.32. The van der Waals surface area contributed by atoms with Gasteiger partial charge >= 0.3 is 0 Å². The molecule has 0 fully saturated rings. The van der Waals surface area contributed by atoms with E-state index in [0.29, 0.717) is 5.69 Å². The molecule has 1 atom stereocenters. The molecule has 0 radical (unpaired) electrons. The van der Waals surface area contributed by atoms with E-state index in [2.05, 4.69) is 5.32 Å². The molecule has 0 aromatic heterocycles. The van der Waals surface area contributed by atoms with Crippen LogP contribution in [0.4, 0.5) is 5.69 Å². The van der Waals surface area contributed by atoms with Gasteiger partial charge in [-0.2, -0.15) is 0 Å². The number of benzene rings is 1. The lowest BCUT2D eigenvalue weighted by atomic mass is 10.3. The van der Waals surface area contributed by atoms with Crippen molar-refractivity contribution in [3.05, 3.63) is 25.1 Å². The molecule has 0 saturated heterocycles. The van der Waals surface area contributed by atoms with Crippen molar-refractivity contribution in [3.63, 3.8) is 0 Å². The Bertz CT molecular complexity index is 395. The number of anilines is 1. The SMILES string of the molecule is OC(CCl)CNc1c(Cl)c(Cl)c(Cl)c(Cl)c1Cl. The quantitative estimate of drug-likeness (QED) is 0.453. The molecule has 0 amide bonds. The van der Waals surface area contributed by atoms with E-state index in [1.807, 2.05) is 0 Å². The molecule has 1 unspecified atom stereocenters. The fraction of sp³-hybridized carbons (Fsp3) is 0.333. The Morgan fingerprint density at radius 1 is 0.882 bits per heavy atom. The fourth-order valence-electron chi connectivity index (χ4n) is 1.03. The summed E-state index contributed by atoms with van der Waals surface area (Å²) in [7, 11) is 0. The third kappa shape index (κ3) is 3.60. The molecule has 0 aliphatic carbocycles. The summed E-state index contributed by atoms with van der Waals surface area (Å²) < 4.78 is 0. The second-order valence-corrected chi connectivity index (χ2v) is 5.33. The predicted octanol–water partition coefficient (Wildman–Crippen LogP) is 4.97. The largest absolute Gasteiger partial charge is 0.390 e. The van der Waals surface area contributed by atoms with E-state index in [-0.39, 0.29) is 37.5 Å². The zero-order valence-electron chi connectivity index (χ0n) is 8.21. The number of nitrogens with one attached hydrogen (secondary N) is 1. The lowest BCUT2D eigenvalue weighted by Crippen LogP contribution is -2.21. The van der Waals surface area contributed by atoms with Crippen LogP contribution in [0.2, 0.25) is 25.1 Å². The van der Waals surface area contributed by atoms with Gasteiger partial charge in [0.05, 0.1) is 42.8 Å². The Morgan fingerprint density at radius 3 is 1.71 bits per heavy atom. The van der Waals surface area contributed by atoms with Crippen LogP contribution in [0.15, 0.2) is 0 Å². The molecule has 1 rings (SSSR count). The van der Waals surface area contributed by atoms with Crippen molar-refractivity contribution in [1.82, 2.24) is 0 Å². The minimum Gasteiger partial charge on any atom is -0.390 e. The minimum atomic E-state index is -0.739. The van der Waals surface area contributed by atoms with E-state index >= 15 is 0 Å². The van der Waals surface area contributed by atoms with E-state index in [1.165, 1.54) is 0 Å². The third-order valence-electron chi connectivity index (χ3n) is 1.90. The Balaban J connectivity index is 3.07. The summed E-state index contributed by atoms with van der Waals surface area (Å²) in [6.07, 6.45) is -0.739. The number of halogens is 6. The summed E-state index contributed by atoms with van der Waals surface area (Å²) in [5.41, 5.74) is 0.317. The van der Waals surface area contributed by atoms with Gasteiger partial charge in [-0.05, 0) is 0 Å². The van der Waals surface area contributed by atoms with Crippen molar-refractivity contribution in [2.45, 2.75) is 6.10 Å². The Hall–Kier alpha value is 0.720. The predicted molar refractivity (Wildman–Crippen MR) is 76.7 cm³/mol. The van der Waals surface area contributed by atoms with Gasteiger partial charge in [0, 0.05) is 6.54 Å². The molecule has 8 heteroatoms. The van der Waals surface area contributed by atoms with E-state index in [1.54, 1.807) is 0 Å². The summed E-state index contributed by atoms with van der Waals surface area (Å²) in [4.78, 5) is 0. The van der Waals surface area contributed by atoms with Gasteiger partial charge in [-0.25, -0.2) is 0 Å². The van der Waals surface area contributed by atoms with Crippen molar-refractivity contribution >= 4 is 75.3 Å². The molecule has 1 aromatic carbocycles. The van der Waals surface area contributed by atoms with Crippen LogP contribution in [0.1, 0.15) is 0 Å². The van der Waals surface area contributed by atoms with E-state index in [4.69, 9.17) is 69.6 Å². The normalized spacial score (nSPS) is 12.6. The lowest BCUT2D eigenvalue weighted by Gasteiger charge is -2.15. The number of hydrogen-bond donors (Lipinski definition) is 2. The number of hydrogen-bond acceptors (Lipinski definition) is 2. The average Bonchev–Trinajstić information content (AvgIpc) is 2.33. The van der Waals surface area contributed by atoms with Crippen LogP contribution in [0.5, 0.6) is 0 Å². The second-order valence-electron chi connectivity index (χ2n) is 3.13. The molecular formula is C9H7Cl6NO. The molecule has 1 aromatic rings. The smallest absolute Gasteiger partial charge is 0.0855 e. The highest BCUT2D eigenvalue weighted by Gasteiger charge is 2.19. The van der Waals surface area contributed by atoms with Gasteiger partial charge in [-0.15, -0.1) is 11.6 Å². The van der Waals surface area contributed by atoms with Crippen LogP contribution in [0.25, 0.3) is 0 Å². The number of alkyl halides is 1. The molecule has 0 aliphatic rings. The molecule has 17 heavy (non-hydrogen) atoms. The molecule has 96 valence electrons. The van der Waals surface area contributed by atoms with E-state index < -0.39 is 6.10 Å². The second kappa shape index (κ2) is 6.76. The van der Waals surface area contributed by atoms with Crippen LogP contribution in [0.3, 0.4) is 0 Å². The lowest BCUT2D eigenvalue weighted by molar-refractivity contribution is 0.211. The van der Waals surface area contributed by atoms with Gasteiger partial charge in [0.2, 0.25) is 0 Å². The molecular weight excluding hydrogens is 351 g/mol. The minimum absolute atomic E-state index is 0.0806. The monoisotopic (exact) mass is 355 g/mol. The first-order valence-electron chi connectivity index (χ1n) is 4.39. The van der Waals surface area contributed by atoms with Crippen molar-refractivity contribution in [1.29, 1.82) is 0 Å². The Kier molecular flexibility index (Phi) is 6.27. The van der Waals surface area contributed by atoms with Crippen LogP contribution < -0.4 is 5.32 Å². The highest BCUT2D eigenvalue weighted by molar-refractivity contribution is 6.56. The third-order valence-corrected chi connectivity index (χ3v) is 4.54. The Morgan fingerprint density at radius 2 is 1.29 bits per heavy atom. The molecule has 0 heterocycles. The van der Waals surface area contributed by atoms with Crippen molar-refractivity contribution in [2.75, 3.05) is 17.7 Å². The Labute approximate surface area is 129 Å². The van der Waals surface area contributed by atoms with Gasteiger partial charge in [0.1, 0.15) is 0 Å². The van der Waals surface area contributed by atoms with Gasteiger partial charge in [0.15, 0.2) is 0 Å². The van der Waals surface area contributed by atoms with Crippen LogP contribution in [-0.2, 0) is 0 Å². The molecule has 0 bridgehead atoms. The van der Waals surface area contributed by atoms with Crippen LogP contribution in [-0.4, -0.2) is 23.6 Å². The first-order chi connectivity index (χ1) is 7.90. The van der Waals surface area contributed by atoms with Gasteiger partial charge in [-0.3, -0.25) is 0 Å². The van der Waals surface area contributed by atoms with Crippen LogP contribution in [0, 0.1) is 0 Å². The summed E-state index contributed by atoms with van der Waals surface area (Å²) in [6, 6.07) is 0. The van der Waals surface area contributed by atoms with Crippen molar-refractivity contribution < 1.29 is 5.11 Å². The number of aliphatic hydroxyl groups is 1. The molecule has 2 N–H and O–H groups in total. The molecule has 0 aliphatic heterocycles. The fourth-order valence-corrected chi connectivity index (χ4v) is 2.42. The van der Waals surface area contributed by atoms with Gasteiger partial charge in [-0.1, -0.05) is 58.0 Å². The first-order valence-corrected chi connectivity index (χ1v) is 6.81. The average molecular weight is 358 g/mol. The molecule has 0 saturated carbocycles. The summed E-state index contributed by atoms with van der Waals surface area (Å²) >= 11 is 35.0. The highest BCUT2D eigenvalue weighted by atomic mass is 35.5. The summed E-state index contributed by atoms with van der Waals surface area (Å²) in [5.74, 6) is 0.0806. The maximum Gasteiger partial charge on any atom is 0.0855 e. The summed E-state index contributed by atoms with van der Waals surface area (Å²) in [5, 5.41) is 12.7. The summed E-state index contributed by atoms with van der Waals surface area (Å²) in [6.45, 7) is 0.164. The van der Waals surface area contributed by atoms with Crippen LogP contribution >= 0.6 is 69.6 Å². The number of rotatable bonds is 4. The zero-order valence-corrected chi connectivity index (χ0v) is 12.7.